The lowest BCUT2D eigenvalue weighted by Gasteiger charge is -2.35. The van der Waals surface area contributed by atoms with Gasteiger partial charge in [0.1, 0.15) is 12.1 Å². The molecule has 0 aromatic carbocycles. The maximum atomic E-state index is 11.9. The Bertz CT molecular complexity index is 618. The molecule has 2 aromatic rings. The Morgan fingerprint density at radius 2 is 2.14 bits per heavy atom. The van der Waals surface area contributed by atoms with Gasteiger partial charge in [0.15, 0.2) is 5.65 Å². The molecule has 8 heteroatoms. The fraction of sp³-hybridized carbons (Fsp3) is 0.538. The molecule has 21 heavy (non-hydrogen) atoms. The summed E-state index contributed by atoms with van der Waals surface area (Å²) < 4.78 is 0. The summed E-state index contributed by atoms with van der Waals surface area (Å²) in [6, 6.07) is 0.0210. The second-order valence-corrected chi connectivity index (χ2v) is 5.04. The van der Waals surface area contributed by atoms with Crippen LogP contribution in [0.1, 0.15) is 13.3 Å². The minimum absolute atomic E-state index is 0.0210. The van der Waals surface area contributed by atoms with Gasteiger partial charge in [0.05, 0.1) is 11.6 Å². The molecule has 0 atom stereocenters. The van der Waals surface area contributed by atoms with Gasteiger partial charge in [-0.1, -0.05) is 6.92 Å². The van der Waals surface area contributed by atoms with Gasteiger partial charge in [-0.3, -0.25) is 5.10 Å². The van der Waals surface area contributed by atoms with Crippen molar-refractivity contribution in [3.63, 3.8) is 0 Å². The molecule has 3 heterocycles. The van der Waals surface area contributed by atoms with Gasteiger partial charge in [0.2, 0.25) is 0 Å². The molecule has 1 aliphatic heterocycles. The summed E-state index contributed by atoms with van der Waals surface area (Å²) in [5.41, 5.74) is 0.739. The highest BCUT2D eigenvalue weighted by Gasteiger charge is 2.23. The van der Waals surface area contributed by atoms with Crippen molar-refractivity contribution in [2.45, 2.75) is 13.3 Å². The predicted molar refractivity (Wildman–Crippen MR) is 79.2 cm³/mol. The maximum Gasteiger partial charge on any atom is 0.317 e. The zero-order valence-corrected chi connectivity index (χ0v) is 12.0. The van der Waals surface area contributed by atoms with Crippen LogP contribution in [0.25, 0.3) is 11.0 Å². The van der Waals surface area contributed by atoms with E-state index in [1.165, 1.54) is 6.33 Å². The van der Waals surface area contributed by atoms with Gasteiger partial charge in [0.25, 0.3) is 0 Å². The van der Waals surface area contributed by atoms with E-state index in [9.17, 15) is 4.79 Å². The lowest BCUT2D eigenvalue weighted by Crippen LogP contribution is -2.52. The number of anilines is 1. The van der Waals surface area contributed by atoms with Crippen LogP contribution in [-0.4, -0.2) is 63.8 Å². The standard InChI is InChI=1S/C13H19N7O/c1-2-3-14-13(21)20-6-4-19(5-7-20)12-10-8-17-18-11(10)15-9-16-12/h8-9H,2-7H2,1H3,(H,14,21)(H,15,16,17,18). The Balaban J connectivity index is 1.66. The van der Waals surface area contributed by atoms with Crippen LogP contribution < -0.4 is 10.2 Å². The van der Waals surface area contributed by atoms with Crippen molar-refractivity contribution in [2.24, 2.45) is 0 Å². The molecule has 1 saturated heterocycles. The largest absolute Gasteiger partial charge is 0.352 e. The average Bonchev–Trinajstić information content (AvgIpc) is 3.01. The second-order valence-electron chi connectivity index (χ2n) is 5.04. The number of aromatic nitrogens is 4. The number of H-pyrrole nitrogens is 1. The number of aromatic amines is 1. The first kappa shape index (κ1) is 13.6. The molecule has 0 saturated carbocycles. The SMILES string of the molecule is CCCNC(=O)N1CCN(c2ncnc3[nH]ncc23)CC1. The Morgan fingerprint density at radius 3 is 2.90 bits per heavy atom. The van der Waals surface area contributed by atoms with Crippen molar-refractivity contribution in [1.82, 2.24) is 30.4 Å². The number of hydrogen-bond acceptors (Lipinski definition) is 5. The molecule has 0 aliphatic carbocycles. The molecule has 1 fully saturated rings. The molecular formula is C13H19N7O. The predicted octanol–water partition coefficient (Wildman–Crippen LogP) is 0.594. The van der Waals surface area contributed by atoms with Crippen LogP contribution >= 0.6 is 0 Å². The first-order valence-corrected chi connectivity index (χ1v) is 7.21. The van der Waals surface area contributed by atoms with E-state index < -0.39 is 0 Å². The van der Waals surface area contributed by atoms with Crippen molar-refractivity contribution in [3.8, 4) is 0 Å². The number of nitrogens with one attached hydrogen (secondary N) is 2. The molecule has 112 valence electrons. The number of piperazine rings is 1. The smallest absolute Gasteiger partial charge is 0.317 e. The molecule has 2 N–H and O–H groups in total. The summed E-state index contributed by atoms with van der Waals surface area (Å²) in [5, 5.41) is 10.7. The Labute approximate surface area is 122 Å². The van der Waals surface area contributed by atoms with Gasteiger partial charge in [0, 0.05) is 32.7 Å². The third-order valence-electron chi connectivity index (χ3n) is 3.62. The third kappa shape index (κ3) is 2.74. The number of fused-ring (bicyclic) bond motifs is 1. The quantitative estimate of drug-likeness (QED) is 0.863. The molecule has 0 unspecified atom stereocenters. The Morgan fingerprint density at radius 1 is 1.33 bits per heavy atom. The molecule has 0 spiro atoms. The molecule has 8 nitrogen and oxygen atoms in total. The van der Waals surface area contributed by atoms with Crippen LogP contribution in [0.3, 0.4) is 0 Å². The van der Waals surface area contributed by atoms with Gasteiger partial charge < -0.3 is 15.1 Å². The van der Waals surface area contributed by atoms with Gasteiger partial charge in [-0.25, -0.2) is 14.8 Å². The number of urea groups is 1. The van der Waals surface area contributed by atoms with Crippen LogP contribution in [0.15, 0.2) is 12.5 Å². The average molecular weight is 289 g/mol. The molecule has 1 aliphatic rings. The summed E-state index contributed by atoms with van der Waals surface area (Å²) in [7, 11) is 0. The normalized spacial score (nSPS) is 15.5. The minimum atomic E-state index is 0.0210. The highest BCUT2D eigenvalue weighted by molar-refractivity contribution is 5.86. The van der Waals surface area contributed by atoms with Crippen molar-refractivity contribution >= 4 is 22.9 Å². The van der Waals surface area contributed by atoms with Crippen molar-refractivity contribution < 1.29 is 4.79 Å². The van der Waals surface area contributed by atoms with Gasteiger partial charge in [-0.05, 0) is 6.42 Å². The maximum absolute atomic E-state index is 11.9. The van der Waals surface area contributed by atoms with Crippen molar-refractivity contribution in [3.05, 3.63) is 12.5 Å². The topological polar surface area (TPSA) is 90.0 Å². The zero-order chi connectivity index (χ0) is 14.7. The van der Waals surface area contributed by atoms with Crippen molar-refractivity contribution in [2.75, 3.05) is 37.6 Å². The first-order valence-electron chi connectivity index (χ1n) is 7.21. The summed E-state index contributed by atoms with van der Waals surface area (Å²) >= 11 is 0. The van der Waals surface area contributed by atoms with Crippen LogP contribution in [0.2, 0.25) is 0 Å². The molecule has 0 bridgehead atoms. The Hall–Kier alpha value is -2.38. The van der Waals surface area contributed by atoms with E-state index in [1.54, 1.807) is 6.20 Å². The summed E-state index contributed by atoms with van der Waals surface area (Å²) in [4.78, 5) is 24.4. The molecular weight excluding hydrogens is 270 g/mol. The number of hydrogen-bond donors (Lipinski definition) is 2. The highest BCUT2D eigenvalue weighted by atomic mass is 16.2. The number of carbonyl (C=O) groups excluding carboxylic acids is 1. The molecule has 2 amide bonds. The monoisotopic (exact) mass is 289 g/mol. The van der Waals surface area contributed by atoms with E-state index >= 15 is 0 Å². The van der Waals surface area contributed by atoms with Crippen LogP contribution in [0.4, 0.5) is 10.6 Å². The third-order valence-corrected chi connectivity index (χ3v) is 3.62. The number of amides is 2. The fourth-order valence-electron chi connectivity index (χ4n) is 2.47. The van der Waals surface area contributed by atoms with E-state index in [1.807, 2.05) is 11.8 Å². The van der Waals surface area contributed by atoms with E-state index in [4.69, 9.17) is 0 Å². The summed E-state index contributed by atoms with van der Waals surface area (Å²) in [5.74, 6) is 0.877. The molecule has 2 aromatic heterocycles. The number of carbonyl (C=O) groups is 1. The lowest BCUT2D eigenvalue weighted by atomic mass is 10.3. The fourth-order valence-corrected chi connectivity index (χ4v) is 2.47. The number of nitrogens with zero attached hydrogens (tertiary/aromatic N) is 5. The zero-order valence-electron chi connectivity index (χ0n) is 12.0. The molecule has 3 rings (SSSR count). The van der Waals surface area contributed by atoms with Crippen LogP contribution in [-0.2, 0) is 0 Å². The van der Waals surface area contributed by atoms with Gasteiger partial charge >= 0.3 is 6.03 Å². The van der Waals surface area contributed by atoms with E-state index in [0.29, 0.717) is 13.1 Å². The van der Waals surface area contributed by atoms with Crippen LogP contribution in [0.5, 0.6) is 0 Å². The van der Waals surface area contributed by atoms with E-state index in [2.05, 4.69) is 30.4 Å². The highest BCUT2D eigenvalue weighted by Crippen LogP contribution is 2.21. The lowest BCUT2D eigenvalue weighted by molar-refractivity contribution is 0.194. The number of rotatable bonds is 3. The van der Waals surface area contributed by atoms with E-state index in [0.717, 1.165) is 42.9 Å². The van der Waals surface area contributed by atoms with Crippen LogP contribution in [0, 0.1) is 0 Å². The second kappa shape index (κ2) is 5.94. The summed E-state index contributed by atoms with van der Waals surface area (Å²) in [6.45, 7) is 5.68. The molecule has 0 radical (unpaired) electrons. The van der Waals surface area contributed by atoms with Crippen molar-refractivity contribution in [1.29, 1.82) is 0 Å². The Kier molecular flexibility index (Phi) is 3.85. The first-order chi connectivity index (χ1) is 10.3. The minimum Gasteiger partial charge on any atom is -0.352 e. The summed E-state index contributed by atoms with van der Waals surface area (Å²) in [6.07, 6.45) is 4.23. The van der Waals surface area contributed by atoms with Gasteiger partial charge in [-0.15, -0.1) is 0 Å². The van der Waals surface area contributed by atoms with Gasteiger partial charge in [-0.2, -0.15) is 5.10 Å². The van der Waals surface area contributed by atoms with E-state index in [-0.39, 0.29) is 6.03 Å².